The number of hydrogen-bond acceptors (Lipinski definition) is 5. The Bertz CT molecular complexity index is 1030. The van der Waals surface area contributed by atoms with E-state index >= 15 is 0 Å². The number of carbonyl (C=O) groups is 1. The quantitative estimate of drug-likeness (QED) is 0.529. The monoisotopic (exact) mass is 432 g/mol. The Kier molecular flexibility index (Phi) is 7.17. The van der Waals surface area contributed by atoms with Crippen LogP contribution in [0.1, 0.15) is 30.9 Å². The number of piperidine rings is 1. The molecule has 1 unspecified atom stereocenters. The molecule has 0 spiro atoms. The smallest absolute Gasteiger partial charge is 0.321 e. The predicted octanol–water partition coefficient (Wildman–Crippen LogP) is 5.04. The van der Waals surface area contributed by atoms with Crippen LogP contribution in [0.5, 0.6) is 5.75 Å². The van der Waals surface area contributed by atoms with Crippen LogP contribution in [0.3, 0.4) is 0 Å². The number of pyridine rings is 1. The van der Waals surface area contributed by atoms with E-state index in [2.05, 4.69) is 40.6 Å². The molecule has 1 saturated heterocycles. The normalized spacial score (nSPS) is 17.3. The third kappa shape index (κ3) is 5.97. The van der Waals surface area contributed by atoms with E-state index in [1.54, 1.807) is 24.9 Å². The maximum Gasteiger partial charge on any atom is 0.321 e. The van der Waals surface area contributed by atoms with Crippen molar-refractivity contribution >= 4 is 17.8 Å². The molecule has 0 aliphatic carbocycles. The number of urea groups is 1. The second-order valence-corrected chi connectivity index (χ2v) is 8.05. The molecule has 7 heteroatoms. The molecule has 3 heterocycles. The molecule has 1 aliphatic rings. The number of benzene rings is 1. The molecule has 2 aromatic heterocycles. The van der Waals surface area contributed by atoms with Crippen molar-refractivity contribution in [2.75, 3.05) is 25.0 Å². The lowest BCUT2D eigenvalue weighted by Crippen LogP contribution is -2.42. The zero-order valence-corrected chi connectivity index (χ0v) is 18.2. The Balaban J connectivity index is 1.29. The van der Waals surface area contributed by atoms with Crippen LogP contribution in [0.25, 0.3) is 6.08 Å². The highest BCUT2D eigenvalue weighted by Gasteiger charge is 2.24. The molecule has 0 radical (unpaired) electrons. The summed E-state index contributed by atoms with van der Waals surface area (Å²) >= 11 is 0. The molecule has 7 nitrogen and oxygen atoms in total. The van der Waals surface area contributed by atoms with Crippen LogP contribution in [-0.2, 0) is 6.42 Å². The Morgan fingerprint density at radius 3 is 3.03 bits per heavy atom. The first-order valence-corrected chi connectivity index (χ1v) is 10.9. The van der Waals surface area contributed by atoms with E-state index in [0.29, 0.717) is 25.4 Å². The summed E-state index contributed by atoms with van der Waals surface area (Å²) < 4.78 is 10.8. The average molecular weight is 433 g/mol. The number of ether oxygens (including phenoxy) is 1. The molecule has 1 aromatic carbocycles. The lowest BCUT2D eigenvalue weighted by atomic mass is 9.91. The van der Waals surface area contributed by atoms with Crippen molar-refractivity contribution in [2.24, 2.45) is 5.92 Å². The van der Waals surface area contributed by atoms with Gasteiger partial charge in [-0.2, -0.15) is 0 Å². The van der Waals surface area contributed by atoms with Gasteiger partial charge in [-0.05, 0) is 55.0 Å². The molecule has 32 heavy (non-hydrogen) atoms. The second kappa shape index (κ2) is 10.6. The van der Waals surface area contributed by atoms with Crippen molar-refractivity contribution in [1.82, 2.24) is 15.0 Å². The Hall–Kier alpha value is -3.61. The van der Waals surface area contributed by atoms with Gasteiger partial charge in [0.1, 0.15) is 12.0 Å². The largest absolute Gasteiger partial charge is 0.494 e. The number of amides is 2. The SMILES string of the molecule is CC1CN(C(=O)Nc2cccnc2)CCC1=Cc1cccc(OCCCc2cnoc2)c1. The average Bonchev–Trinajstić information content (AvgIpc) is 3.33. The number of likely N-dealkylation sites (tertiary alicyclic amines) is 1. The Morgan fingerprint density at radius 2 is 2.25 bits per heavy atom. The van der Waals surface area contributed by atoms with Crippen LogP contribution in [0.15, 0.2) is 71.3 Å². The summed E-state index contributed by atoms with van der Waals surface area (Å²) in [4.78, 5) is 18.5. The molecule has 3 aromatic rings. The summed E-state index contributed by atoms with van der Waals surface area (Å²) in [5.41, 5.74) is 4.27. The number of anilines is 1. The van der Waals surface area contributed by atoms with Crippen LogP contribution < -0.4 is 10.1 Å². The fraction of sp³-hybridized carbons (Fsp3) is 0.320. The predicted molar refractivity (Wildman–Crippen MR) is 123 cm³/mol. The first kappa shape index (κ1) is 21.6. The molecule has 166 valence electrons. The van der Waals surface area contributed by atoms with Gasteiger partial charge in [0.2, 0.25) is 0 Å². The first-order valence-electron chi connectivity index (χ1n) is 10.9. The number of aryl methyl sites for hydroxylation is 1. The Labute approximate surface area is 188 Å². The fourth-order valence-electron chi connectivity index (χ4n) is 3.81. The van der Waals surface area contributed by atoms with Crippen molar-refractivity contribution < 1.29 is 14.1 Å². The van der Waals surface area contributed by atoms with Crippen molar-refractivity contribution in [3.8, 4) is 5.75 Å². The van der Waals surface area contributed by atoms with E-state index in [9.17, 15) is 4.79 Å². The zero-order chi connectivity index (χ0) is 22.2. The summed E-state index contributed by atoms with van der Waals surface area (Å²) in [5, 5.41) is 6.63. The van der Waals surface area contributed by atoms with E-state index in [4.69, 9.17) is 9.26 Å². The van der Waals surface area contributed by atoms with Gasteiger partial charge in [-0.3, -0.25) is 4.98 Å². The van der Waals surface area contributed by atoms with Crippen LogP contribution in [-0.4, -0.2) is 40.8 Å². The molecule has 1 fully saturated rings. The molecular weight excluding hydrogens is 404 g/mol. The molecule has 0 saturated carbocycles. The summed E-state index contributed by atoms with van der Waals surface area (Å²) in [6.07, 6.45) is 11.6. The van der Waals surface area contributed by atoms with Crippen molar-refractivity contribution in [3.63, 3.8) is 0 Å². The topological polar surface area (TPSA) is 80.5 Å². The zero-order valence-electron chi connectivity index (χ0n) is 18.2. The molecule has 4 rings (SSSR count). The highest BCUT2D eigenvalue weighted by molar-refractivity contribution is 5.89. The van der Waals surface area contributed by atoms with Gasteiger partial charge in [0.05, 0.1) is 24.7 Å². The van der Waals surface area contributed by atoms with Crippen LogP contribution in [0.4, 0.5) is 10.5 Å². The van der Waals surface area contributed by atoms with E-state index < -0.39 is 0 Å². The minimum absolute atomic E-state index is 0.0782. The highest BCUT2D eigenvalue weighted by atomic mass is 16.5. The summed E-state index contributed by atoms with van der Waals surface area (Å²) in [7, 11) is 0. The second-order valence-electron chi connectivity index (χ2n) is 8.05. The maximum atomic E-state index is 12.6. The Morgan fingerprint density at radius 1 is 1.31 bits per heavy atom. The molecule has 1 aliphatic heterocycles. The van der Waals surface area contributed by atoms with Gasteiger partial charge in [-0.25, -0.2) is 4.79 Å². The van der Waals surface area contributed by atoms with Gasteiger partial charge >= 0.3 is 6.03 Å². The molecular formula is C25H28N4O3. The van der Waals surface area contributed by atoms with Gasteiger partial charge in [-0.15, -0.1) is 0 Å². The van der Waals surface area contributed by atoms with Crippen LogP contribution >= 0.6 is 0 Å². The van der Waals surface area contributed by atoms with Gasteiger partial charge < -0.3 is 19.5 Å². The minimum Gasteiger partial charge on any atom is -0.494 e. The van der Waals surface area contributed by atoms with Gasteiger partial charge in [0.15, 0.2) is 0 Å². The number of hydrogen-bond donors (Lipinski definition) is 1. The third-order valence-corrected chi connectivity index (χ3v) is 5.57. The first-order chi connectivity index (χ1) is 15.7. The van der Waals surface area contributed by atoms with Gasteiger partial charge in [0, 0.05) is 24.8 Å². The molecule has 1 N–H and O–H groups in total. The standard InChI is InChI=1S/C25H28N4O3/c1-19-17-29(25(30)28-23-7-3-10-26-16-23)11-9-22(19)13-20-5-2-8-24(14-20)31-12-4-6-21-15-27-32-18-21/h2-3,5,7-8,10,13-16,18-19H,4,6,9,11-12,17H2,1H3,(H,28,30). The molecule has 2 amide bonds. The van der Waals surface area contributed by atoms with E-state index in [-0.39, 0.29) is 11.9 Å². The number of rotatable bonds is 7. The lowest BCUT2D eigenvalue weighted by Gasteiger charge is -2.33. The van der Waals surface area contributed by atoms with E-state index in [1.807, 2.05) is 29.2 Å². The fourth-order valence-corrected chi connectivity index (χ4v) is 3.81. The minimum atomic E-state index is -0.0782. The van der Waals surface area contributed by atoms with E-state index in [1.165, 1.54) is 5.57 Å². The molecule has 1 atom stereocenters. The summed E-state index contributed by atoms with van der Waals surface area (Å²) in [6.45, 7) is 4.20. The highest BCUT2D eigenvalue weighted by Crippen LogP contribution is 2.26. The van der Waals surface area contributed by atoms with Crippen LogP contribution in [0.2, 0.25) is 0 Å². The van der Waals surface area contributed by atoms with Crippen molar-refractivity contribution in [2.45, 2.75) is 26.2 Å². The summed E-state index contributed by atoms with van der Waals surface area (Å²) in [6, 6.07) is 11.7. The van der Waals surface area contributed by atoms with E-state index in [0.717, 1.165) is 36.1 Å². The number of carbonyl (C=O) groups excluding carboxylic acids is 1. The third-order valence-electron chi connectivity index (χ3n) is 5.57. The summed E-state index contributed by atoms with van der Waals surface area (Å²) in [5.74, 6) is 1.15. The number of nitrogens with zero attached hydrogens (tertiary/aromatic N) is 3. The van der Waals surface area contributed by atoms with Crippen molar-refractivity contribution in [3.05, 3.63) is 78.0 Å². The van der Waals surface area contributed by atoms with Gasteiger partial charge in [0.25, 0.3) is 0 Å². The number of aromatic nitrogens is 2. The number of nitrogens with one attached hydrogen (secondary N) is 1. The lowest BCUT2D eigenvalue weighted by molar-refractivity contribution is 0.198. The van der Waals surface area contributed by atoms with Crippen molar-refractivity contribution in [1.29, 1.82) is 0 Å². The molecule has 0 bridgehead atoms. The maximum absolute atomic E-state index is 12.6. The van der Waals surface area contributed by atoms with Crippen LogP contribution in [0, 0.1) is 5.92 Å². The van der Waals surface area contributed by atoms with Gasteiger partial charge in [-0.1, -0.05) is 35.9 Å².